The van der Waals surface area contributed by atoms with Crippen molar-refractivity contribution in [2.24, 2.45) is 0 Å². The highest BCUT2D eigenvalue weighted by Crippen LogP contribution is 2.31. The Balaban J connectivity index is 1.42. The highest BCUT2D eigenvalue weighted by Gasteiger charge is 2.31. The second-order valence-corrected chi connectivity index (χ2v) is 9.97. The molecule has 3 rings (SSSR count). The van der Waals surface area contributed by atoms with Crippen molar-refractivity contribution in [2.45, 2.75) is 12.8 Å². The zero-order valence-electron chi connectivity index (χ0n) is 20.3. The lowest BCUT2D eigenvalue weighted by atomic mass is 10.2. The van der Waals surface area contributed by atoms with E-state index in [1.165, 1.54) is 16.7 Å². The lowest BCUT2D eigenvalue weighted by molar-refractivity contribution is -0.122. The van der Waals surface area contributed by atoms with Crippen molar-refractivity contribution in [1.29, 1.82) is 0 Å². The average molecular weight is 524 g/mol. The van der Waals surface area contributed by atoms with Gasteiger partial charge in [-0.1, -0.05) is 66.5 Å². The smallest absolute Gasteiger partial charge is 0.338 e. The number of amides is 2. The number of nitrogens with one attached hydrogen (secondary N) is 1. The summed E-state index contributed by atoms with van der Waals surface area (Å²) in [6.45, 7) is 1.33. The van der Waals surface area contributed by atoms with E-state index >= 15 is 0 Å². The van der Waals surface area contributed by atoms with Crippen LogP contribution >= 0.6 is 24.0 Å². The molecule has 0 aliphatic carbocycles. The molecule has 1 fully saturated rings. The summed E-state index contributed by atoms with van der Waals surface area (Å²) >= 11 is 6.62. The van der Waals surface area contributed by atoms with Crippen LogP contribution in [-0.2, 0) is 14.3 Å². The van der Waals surface area contributed by atoms with Gasteiger partial charge in [0.15, 0.2) is 0 Å². The maximum atomic E-state index is 12.7. The number of benzene rings is 2. The monoisotopic (exact) mass is 523 g/mol. The van der Waals surface area contributed by atoms with Crippen molar-refractivity contribution >= 4 is 57.8 Å². The fraction of sp³-hybridized carbons (Fsp3) is 0.259. The van der Waals surface area contributed by atoms with E-state index in [0.29, 0.717) is 46.6 Å². The van der Waals surface area contributed by atoms with Gasteiger partial charge in [0.25, 0.3) is 5.91 Å². The number of hydrogen-bond acceptors (Lipinski definition) is 7. The van der Waals surface area contributed by atoms with E-state index in [0.717, 1.165) is 5.56 Å². The molecular formula is C27H29N3O4S2. The number of carbonyl (C=O) groups is 3. The number of esters is 1. The summed E-state index contributed by atoms with van der Waals surface area (Å²) in [5.41, 5.74) is 2.06. The van der Waals surface area contributed by atoms with E-state index in [9.17, 15) is 14.4 Å². The molecule has 0 atom stereocenters. The molecule has 0 saturated carbocycles. The van der Waals surface area contributed by atoms with E-state index in [2.05, 4.69) is 5.32 Å². The van der Waals surface area contributed by atoms with Gasteiger partial charge in [0.1, 0.15) is 10.9 Å². The van der Waals surface area contributed by atoms with Crippen molar-refractivity contribution < 1.29 is 19.1 Å². The van der Waals surface area contributed by atoms with Crippen LogP contribution in [0.5, 0.6) is 0 Å². The minimum Gasteiger partial charge on any atom is -0.461 e. The molecule has 188 valence electrons. The minimum absolute atomic E-state index is 0.142. The molecule has 1 aliphatic heterocycles. The summed E-state index contributed by atoms with van der Waals surface area (Å²) in [6.07, 6.45) is 6.24. The van der Waals surface area contributed by atoms with Crippen LogP contribution in [0.3, 0.4) is 0 Å². The first-order valence-electron chi connectivity index (χ1n) is 11.5. The molecule has 0 bridgehead atoms. The van der Waals surface area contributed by atoms with Crippen LogP contribution in [0, 0.1) is 0 Å². The standard InChI is InChI=1S/C27H29N3O4S2/c1-29(2)18-19-34-26(33)21-13-15-22(16-14-21)28-24(31)12-7-17-30-25(32)23(36-27(30)35)11-6-10-20-8-4-3-5-9-20/h3-6,8-11,13-16H,7,12,17-19H2,1-2H3,(H,28,31). The summed E-state index contributed by atoms with van der Waals surface area (Å²) in [7, 11) is 3.81. The molecule has 9 heteroatoms. The number of rotatable bonds is 11. The van der Waals surface area contributed by atoms with Gasteiger partial charge < -0.3 is 15.0 Å². The molecule has 36 heavy (non-hydrogen) atoms. The fourth-order valence-electron chi connectivity index (χ4n) is 3.23. The van der Waals surface area contributed by atoms with Crippen LogP contribution < -0.4 is 5.32 Å². The third kappa shape index (κ3) is 8.44. The van der Waals surface area contributed by atoms with Crippen LogP contribution in [0.1, 0.15) is 28.8 Å². The predicted molar refractivity (Wildman–Crippen MR) is 149 cm³/mol. The Hall–Kier alpha value is -3.27. The zero-order valence-corrected chi connectivity index (χ0v) is 21.9. The molecule has 1 N–H and O–H groups in total. The lowest BCUT2D eigenvalue weighted by Gasteiger charge is -2.14. The number of anilines is 1. The molecule has 2 aromatic rings. The Labute approximate surface area is 221 Å². The second kappa shape index (κ2) is 13.7. The number of thioether (sulfide) groups is 1. The molecule has 1 saturated heterocycles. The van der Waals surface area contributed by atoms with Crippen molar-refractivity contribution in [3.8, 4) is 0 Å². The normalized spacial score (nSPS) is 14.8. The number of hydrogen-bond donors (Lipinski definition) is 1. The molecule has 7 nitrogen and oxygen atoms in total. The lowest BCUT2D eigenvalue weighted by Crippen LogP contribution is -2.29. The van der Waals surface area contributed by atoms with E-state index in [4.69, 9.17) is 17.0 Å². The predicted octanol–water partition coefficient (Wildman–Crippen LogP) is 4.58. The van der Waals surface area contributed by atoms with Crippen molar-refractivity contribution in [2.75, 3.05) is 39.1 Å². The number of thiocarbonyl (C=S) groups is 1. The Bertz CT molecular complexity index is 1150. The van der Waals surface area contributed by atoms with Gasteiger partial charge in [-0.25, -0.2) is 4.79 Å². The van der Waals surface area contributed by atoms with Crippen LogP contribution in [-0.4, -0.2) is 65.7 Å². The molecule has 1 aliphatic rings. The maximum Gasteiger partial charge on any atom is 0.338 e. The van der Waals surface area contributed by atoms with E-state index in [1.54, 1.807) is 30.3 Å². The topological polar surface area (TPSA) is 79.0 Å². The van der Waals surface area contributed by atoms with Gasteiger partial charge in [-0.3, -0.25) is 14.5 Å². The van der Waals surface area contributed by atoms with Gasteiger partial charge in [0, 0.05) is 25.2 Å². The van der Waals surface area contributed by atoms with Gasteiger partial charge in [-0.05, 0) is 56.4 Å². The van der Waals surface area contributed by atoms with Gasteiger partial charge in [0.2, 0.25) is 5.91 Å². The fourth-order valence-corrected chi connectivity index (χ4v) is 4.49. The summed E-state index contributed by atoms with van der Waals surface area (Å²) in [5, 5.41) is 2.81. The SMILES string of the molecule is CN(C)CCOC(=O)c1ccc(NC(=O)CCCN2C(=O)C(=CC=Cc3ccccc3)SC2=S)cc1. The Morgan fingerprint density at radius 3 is 2.53 bits per heavy atom. The van der Waals surface area contributed by atoms with Gasteiger partial charge in [-0.15, -0.1) is 0 Å². The van der Waals surface area contributed by atoms with Gasteiger partial charge >= 0.3 is 5.97 Å². The molecular weight excluding hydrogens is 494 g/mol. The van der Waals surface area contributed by atoms with E-state index in [1.807, 2.05) is 61.5 Å². The van der Waals surface area contributed by atoms with Crippen molar-refractivity contribution in [1.82, 2.24) is 9.80 Å². The number of ether oxygens (including phenoxy) is 1. The Morgan fingerprint density at radius 1 is 1.11 bits per heavy atom. The maximum absolute atomic E-state index is 12.7. The van der Waals surface area contributed by atoms with E-state index in [-0.39, 0.29) is 18.2 Å². The summed E-state index contributed by atoms with van der Waals surface area (Å²) < 4.78 is 5.70. The van der Waals surface area contributed by atoms with Crippen molar-refractivity contribution in [3.05, 3.63) is 82.8 Å². The first kappa shape index (κ1) is 27.3. The van der Waals surface area contributed by atoms with Crippen LogP contribution in [0.2, 0.25) is 0 Å². The number of carbonyl (C=O) groups excluding carboxylic acids is 3. The molecule has 1 heterocycles. The Kier molecular flexibility index (Phi) is 10.4. The average Bonchev–Trinajstić information content (AvgIpc) is 3.12. The minimum atomic E-state index is -0.400. The molecule has 2 amide bonds. The van der Waals surface area contributed by atoms with Crippen LogP contribution in [0.15, 0.2) is 71.7 Å². The molecule has 0 aromatic heterocycles. The summed E-state index contributed by atoms with van der Waals surface area (Å²) in [6, 6.07) is 16.4. The highest BCUT2D eigenvalue weighted by atomic mass is 32.2. The quantitative estimate of drug-likeness (QED) is 0.262. The summed E-state index contributed by atoms with van der Waals surface area (Å²) in [5.74, 6) is -0.720. The largest absolute Gasteiger partial charge is 0.461 e. The van der Waals surface area contributed by atoms with Crippen molar-refractivity contribution in [3.63, 3.8) is 0 Å². The molecule has 0 radical (unpaired) electrons. The number of nitrogens with zero attached hydrogens (tertiary/aromatic N) is 2. The molecule has 0 spiro atoms. The van der Waals surface area contributed by atoms with Gasteiger partial charge in [-0.2, -0.15) is 0 Å². The second-order valence-electron chi connectivity index (χ2n) is 8.29. The zero-order chi connectivity index (χ0) is 25.9. The third-order valence-electron chi connectivity index (χ3n) is 5.17. The van der Waals surface area contributed by atoms with Crippen LogP contribution in [0.4, 0.5) is 5.69 Å². The highest BCUT2D eigenvalue weighted by molar-refractivity contribution is 8.26. The first-order chi connectivity index (χ1) is 17.3. The Morgan fingerprint density at radius 2 is 1.83 bits per heavy atom. The third-order valence-corrected chi connectivity index (χ3v) is 6.57. The number of likely N-dealkylation sites (N-methyl/N-ethyl adjacent to an activating group) is 1. The summed E-state index contributed by atoms with van der Waals surface area (Å²) in [4.78, 5) is 41.1. The first-order valence-corrected chi connectivity index (χ1v) is 12.7. The molecule has 2 aromatic carbocycles. The van der Waals surface area contributed by atoms with E-state index < -0.39 is 5.97 Å². The molecule has 0 unspecified atom stereocenters. The van der Waals surface area contributed by atoms with Crippen LogP contribution in [0.25, 0.3) is 6.08 Å². The number of allylic oxidation sites excluding steroid dienone is 2. The van der Waals surface area contributed by atoms with Gasteiger partial charge in [0.05, 0.1) is 10.5 Å².